The van der Waals surface area contributed by atoms with E-state index in [4.69, 9.17) is 22.2 Å². The standard InChI is InChI=1S/C18H26N6S/c1-3-24-16(21-22-18(24)25)13-8-10-23(11-9-13)17-14-6-4-5-7-15(14)19-12(2)20-17/h13H,3-11H2,1-2H3,(H,22,25). The molecule has 7 heteroatoms. The summed E-state index contributed by atoms with van der Waals surface area (Å²) in [6, 6.07) is 0. The highest BCUT2D eigenvalue weighted by atomic mass is 32.1. The van der Waals surface area contributed by atoms with Crippen LogP contribution in [0, 0.1) is 11.7 Å². The lowest BCUT2D eigenvalue weighted by Crippen LogP contribution is -2.35. The number of anilines is 1. The molecular weight excluding hydrogens is 332 g/mol. The van der Waals surface area contributed by atoms with Gasteiger partial charge in [0.05, 0.1) is 0 Å². The molecular formula is C18H26N6S. The quantitative estimate of drug-likeness (QED) is 0.853. The fraction of sp³-hybridized carbons (Fsp3) is 0.667. The van der Waals surface area contributed by atoms with Crippen LogP contribution in [0.2, 0.25) is 0 Å². The van der Waals surface area contributed by atoms with E-state index in [1.807, 2.05) is 6.92 Å². The van der Waals surface area contributed by atoms with Crippen LogP contribution in [0.25, 0.3) is 0 Å². The third kappa shape index (κ3) is 3.10. The number of aryl methyl sites for hydroxylation is 2. The predicted octanol–water partition coefficient (Wildman–Crippen LogP) is 3.32. The normalized spacial score (nSPS) is 18.4. The smallest absolute Gasteiger partial charge is 0.195 e. The van der Waals surface area contributed by atoms with Crippen LogP contribution in [0.4, 0.5) is 5.82 Å². The summed E-state index contributed by atoms with van der Waals surface area (Å²) in [6.45, 7) is 7.07. The summed E-state index contributed by atoms with van der Waals surface area (Å²) in [5.74, 6) is 3.69. The first-order chi connectivity index (χ1) is 12.2. The van der Waals surface area contributed by atoms with E-state index in [2.05, 4.69) is 26.6 Å². The predicted molar refractivity (Wildman–Crippen MR) is 101 cm³/mol. The van der Waals surface area contributed by atoms with Gasteiger partial charge in [-0.25, -0.2) is 9.97 Å². The van der Waals surface area contributed by atoms with Crippen LogP contribution in [-0.4, -0.2) is 37.8 Å². The molecule has 0 unspecified atom stereocenters. The van der Waals surface area contributed by atoms with E-state index in [1.165, 1.54) is 29.9 Å². The molecule has 0 amide bonds. The summed E-state index contributed by atoms with van der Waals surface area (Å²) in [4.78, 5) is 12.0. The third-order valence-electron chi connectivity index (χ3n) is 5.54. The first-order valence-corrected chi connectivity index (χ1v) is 9.84. The van der Waals surface area contributed by atoms with Crippen molar-refractivity contribution in [3.63, 3.8) is 0 Å². The van der Waals surface area contributed by atoms with Gasteiger partial charge >= 0.3 is 0 Å². The van der Waals surface area contributed by atoms with Crippen molar-refractivity contribution in [1.82, 2.24) is 24.7 Å². The molecule has 1 saturated heterocycles. The molecule has 1 aliphatic carbocycles. The number of piperidine rings is 1. The average Bonchev–Trinajstić information content (AvgIpc) is 3.01. The second-order valence-electron chi connectivity index (χ2n) is 7.12. The molecule has 0 bridgehead atoms. The Kier molecular flexibility index (Phi) is 4.58. The zero-order chi connectivity index (χ0) is 17.4. The first-order valence-electron chi connectivity index (χ1n) is 9.43. The number of aromatic amines is 1. The Bertz CT molecular complexity index is 815. The molecule has 0 aromatic carbocycles. The van der Waals surface area contributed by atoms with E-state index in [9.17, 15) is 0 Å². The van der Waals surface area contributed by atoms with E-state index in [1.54, 1.807) is 0 Å². The number of fused-ring (bicyclic) bond motifs is 1. The highest BCUT2D eigenvalue weighted by Crippen LogP contribution is 2.33. The monoisotopic (exact) mass is 358 g/mol. The number of aromatic nitrogens is 5. The van der Waals surface area contributed by atoms with Crippen molar-refractivity contribution in [1.29, 1.82) is 0 Å². The van der Waals surface area contributed by atoms with Crippen molar-refractivity contribution in [2.24, 2.45) is 0 Å². The largest absolute Gasteiger partial charge is 0.356 e. The summed E-state index contributed by atoms with van der Waals surface area (Å²) in [5, 5.41) is 7.45. The van der Waals surface area contributed by atoms with Gasteiger partial charge in [0.15, 0.2) is 4.77 Å². The molecule has 0 spiro atoms. The second-order valence-corrected chi connectivity index (χ2v) is 7.51. The Morgan fingerprint density at radius 2 is 1.92 bits per heavy atom. The molecule has 0 atom stereocenters. The Hall–Kier alpha value is -1.76. The third-order valence-corrected chi connectivity index (χ3v) is 5.85. The molecule has 2 aromatic rings. The molecule has 3 heterocycles. The summed E-state index contributed by atoms with van der Waals surface area (Å²) in [6.07, 6.45) is 6.93. The minimum Gasteiger partial charge on any atom is -0.356 e. The van der Waals surface area contributed by atoms with Crippen LogP contribution in [0.5, 0.6) is 0 Å². The maximum atomic E-state index is 5.34. The van der Waals surface area contributed by atoms with Crippen molar-refractivity contribution >= 4 is 18.0 Å². The molecule has 0 saturated carbocycles. The molecule has 6 nitrogen and oxygen atoms in total. The van der Waals surface area contributed by atoms with Crippen LogP contribution in [0.3, 0.4) is 0 Å². The molecule has 1 N–H and O–H groups in total. The van der Waals surface area contributed by atoms with Gasteiger partial charge in [0.25, 0.3) is 0 Å². The van der Waals surface area contributed by atoms with E-state index < -0.39 is 0 Å². The van der Waals surface area contributed by atoms with Gasteiger partial charge in [-0.3, -0.25) is 5.10 Å². The summed E-state index contributed by atoms with van der Waals surface area (Å²) in [7, 11) is 0. The van der Waals surface area contributed by atoms with Gasteiger partial charge in [0.1, 0.15) is 17.5 Å². The summed E-state index contributed by atoms with van der Waals surface area (Å²) in [5.41, 5.74) is 2.68. The van der Waals surface area contributed by atoms with E-state index >= 15 is 0 Å². The van der Waals surface area contributed by atoms with Crippen molar-refractivity contribution in [2.75, 3.05) is 18.0 Å². The lowest BCUT2D eigenvalue weighted by Gasteiger charge is -2.34. The molecule has 1 aliphatic heterocycles. The zero-order valence-corrected chi connectivity index (χ0v) is 15.9. The average molecular weight is 359 g/mol. The van der Waals surface area contributed by atoms with Gasteiger partial charge in [0, 0.05) is 36.8 Å². The van der Waals surface area contributed by atoms with Crippen molar-refractivity contribution in [3.8, 4) is 0 Å². The molecule has 0 radical (unpaired) electrons. The molecule has 1 fully saturated rings. The molecule has 2 aliphatic rings. The summed E-state index contributed by atoms with van der Waals surface area (Å²) < 4.78 is 2.87. The zero-order valence-electron chi connectivity index (χ0n) is 15.1. The second kappa shape index (κ2) is 6.86. The van der Waals surface area contributed by atoms with Gasteiger partial charge in [-0.05, 0) is 64.6 Å². The van der Waals surface area contributed by atoms with Gasteiger partial charge in [-0.1, -0.05) is 0 Å². The van der Waals surface area contributed by atoms with Gasteiger partial charge < -0.3 is 9.47 Å². The Balaban J connectivity index is 1.54. The number of nitrogens with zero attached hydrogens (tertiary/aromatic N) is 5. The van der Waals surface area contributed by atoms with Crippen molar-refractivity contribution in [3.05, 3.63) is 27.7 Å². The van der Waals surface area contributed by atoms with Gasteiger partial charge in [-0.15, -0.1) is 0 Å². The highest BCUT2D eigenvalue weighted by Gasteiger charge is 2.28. The van der Waals surface area contributed by atoms with E-state index in [-0.39, 0.29) is 0 Å². The van der Waals surface area contributed by atoms with Crippen LogP contribution in [0.15, 0.2) is 0 Å². The van der Waals surface area contributed by atoms with Crippen molar-refractivity contribution < 1.29 is 0 Å². The minimum absolute atomic E-state index is 0.475. The van der Waals surface area contributed by atoms with Crippen LogP contribution >= 0.6 is 12.2 Å². The number of hydrogen-bond donors (Lipinski definition) is 1. The topological polar surface area (TPSA) is 62.6 Å². The fourth-order valence-corrected chi connectivity index (χ4v) is 4.52. The Morgan fingerprint density at radius 3 is 2.68 bits per heavy atom. The minimum atomic E-state index is 0.475. The fourth-order valence-electron chi connectivity index (χ4n) is 4.25. The van der Waals surface area contributed by atoms with Crippen LogP contribution in [-0.2, 0) is 19.4 Å². The number of H-pyrrole nitrogens is 1. The summed E-state index contributed by atoms with van der Waals surface area (Å²) >= 11 is 5.34. The lowest BCUT2D eigenvalue weighted by atomic mass is 9.93. The Morgan fingerprint density at radius 1 is 1.16 bits per heavy atom. The molecule has 25 heavy (non-hydrogen) atoms. The van der Waals surface area contributed by atoms with E-state index in [0.29, 0.717) is 5.92 Å². The molecule has 134 valence electrons. The Labute approximate surface area is 153 Å². The van der Waals surface area contributed by atoms with Crippen molar-refractivity contribution in [2.45, 2.75) is 64.8 Å². The number of rotatable bonds is 3. The highest BCUT2D eigenvalue weighted by molar-refractivity contribution is 7.71. The van der Waals surface area contributed by atoms with Crippen LogP contribution in [0.1, 0.15) is 61.4 Å². The molecule has 4 rings (SSSR count). The molecule has 2 aromatic heterocycles. The van der Waals surface area contributed by atoms with Crippen LogP contribution < -0.4 is 4.90 Å². The maximum Gasteiger partial charge on any atom is 0.195 e. The number of nitrogens with one attached hydrogen (secondary N) is 1. The van der Waals surface area contributed by atoms with Gasteiger partial charge in [-0.2, -0.15) is 5.10 Å². The van der Waals surface area contributed by atoms with E-state index in [0.717, 1.165) is 61.7 Å². The van der Waals surface area contributed by atoms with Gasteiger partial charge in [0.2, 0.25) is 0 Å². The lowest BCUT2D eigenvalue weighted by molar-refractivity contribution is 0.462. The first kappa shape index (κ1) is 16.7. The maximum absolute atomic E-state index is 5.34. The SMILES string of the molecule is CCn1c(C2CCN(c3nc(C)nc4c3CCCC4)CC2)n[nH]c1=S. The number of hydrogen-bond acceptors (Lipinski definition) is 5.